The molecule has 3 rings (SSSR count). The van der Waals surface area contributed by atoms with E-state index in [9.17, 15) is 34.8 Å². The van der Waals surface area contributed by atoms with Gasteiger partial charge in [-0.3, -0.25) is 0 Å². The van der Waals surface area contributed by atoms with Crippen LogP contribution in [0, 0.1) is 0 Å². The monoisotopic (exact) mass is 434 g/mol. The lowest BCUT2D eigenvalue weighted by Gasteiger charge is -2.10. The van der Waals surface area contributed by atoms with E-state index < -0.39 is 33.4 Å². The van der Waals surface area contributed by atoms with Crippen LogP contribution in [0.1, 0.15) is 11.3 Å². The third-order valence-electron chi connectivity index (χ3n) is 4.02. The molecule has 0 unspecified atom stereocenters. The highest BCUT2D eigenvalue weighted by Crippen LogP contribution is 2.35. The van der Waals surface area contributed by atoms with Crippen molar-refractivity contribution in [3.05, 3.63) is 65.9 Å². The molecule has 154 valence electrons. The fourth-order valence-electron chi connectivity index (χ4n) is 2.59. The molecule has 11 heteroatoms. The van der Waals surface area contributed by atoms with E-state index in [1.165, 1.54) is 24.3 Å². The maximum Gasteiger partial charge on any atom is 0.435 e. The quantitative estimate of drug-likeness (QED) is 0.547. The number of halogens is 6. The molecule has 0 spiro atoms. The fourth-order valence-corrected chi connectivity index (χ4v) is 3.22. The molecule has 0 atom stereocenters. The van der Waals surface area contributed by atoms with Crippen LogP contribution in [-0.2, 0) is 22.2 Å². The van der Waals surface area contributed by atoms with Crippen LogP contribution in [0.2, 0.25) is 0 Å². The van der Waals surface area contributed by atoms with Gasteiger partial charge in [-0.25, -0.2) is 13.1 Å². The number of hydrogen-bond acceptors (Lipinski definition) is 3. The molecule has 0 fully saturated rings. The molecule has 0 amide bonds. The van der Waals surface area contributed by atoms with Gasteiger partial charge in [-0.2, -0.15) is 31.4 Å². The van der Waals surface area contributed by atoms with Crippen molar-refractivity contribution in [1.29, 1.82) is 0 Å². The van der Waals surface area contributed by atoms with Crippen LogP contribution < -0.4 is 0 Å². The van der Waals surface area contributed by atoms with Crippen LogP contribution in [0.25, 0.3) is 16.9 Å². The summed E-state index contributed by atoms with van der Waals surface area (Å²) in [7, 11) is -3.52. The van der Waals surface area contributed by atoms with Crippen molar-refractivity contribution >= 4 is 9.84 Å². The summed E-state index contributed by atoms with van der Waals surface area (Å²) in [4.78, 5) is -0.0412. The Morgan fingerprint density at radius 3 is 1.83 bits per heavy atom. The van der Waals surface area contributed by atoms with Crippen LogP contribution in [0.15, 0.2) is 59.5 Å². The van der Waals surface area contributed by atoms with Crippen molar-refractivity contribution in [3.63, 3.8) is 0 Å². The summed E-state index contributed by atoms with van der Waals surface area (Å²) in [5, 5.41) is 3.51. The van der Waals surface area contributed by atoms with Crippen molar-refractivity contribution in [2.24, 2.45) is 0 Å². The van der Waals surface area contributed by atoms with Gasteiger partial charge in [0.2, 0.25) is 0 Å². The van der Waals surface area contributed by atoms with E-state index in [0.717, 1.165) is 35.2 Å². The molecule has 0 aliphatic carbocycles. The first-order chi connectivity index (χ1) is 13.3. The summed E-state index contributed by atoms with van der Waals surface area (Å²) in [6.45, 7) is 0. The highest BCUT2D eigenvalue weighted by molar-refractivity contribution is 7.90. The van der Waals surface area contributed by atoms with Gasteiger partial charge < -0.3 is 0 Å². The molecule has 4 nitrogen and oxygen atoms in total. The van der Waals surface area contributed by atoms with Crippen LogP contribution in [0.3, 0.4) is 0 Å². The minimum Gasteiger partial charge on any atom is -0.233 e. The van der Waals surface area contributed by atoms with E-state index in [-0.39, 0.29) is 21.8 Å². The molecule has 0 saturated heterocycles. The standard InChI is InChI=1S/C18H12F6N2O2S/c1-29(27,28)14-8-6-13(7-9-14)26-15(10-16(25-26)18(22,23)24)11-2-4-12(5-3-11)17(19,20)21/h2-10H,1H3. The van der Waals surface area contributed by atoms with E-state index in [1.54, 1.807) is 0 Å². The topological polar surface area (TPSA) is 52.0 Å². The Morgan fingerprint density at radius 1 is 0.828 bits per heavy atom. The predicted molar refractivity (Wildman–Crippen MR) is 92.1 cm³/mol. The van der Waals surface area contributed by atoms with Crippen LogP contribution in [0.4, 0.5) is 26.3 Å². The molecule has 0 aliphatic rings. The molecule has 29 heavy (non-hydrogen) atoms. The second kappa shape index (κ2) is 6.90. The summed E-state index contributed by atoms with van der Waals surface area (Å²) in [5.41, 5.74) is -2.09. The summed E-state index contributed by atoms with van der Waals surface area (Å²) >= 11 is 0. The molecule has 3 aromatic rings. The third kappa shape index (κ3) is 4.44. The Kier molecular flexibility index (Phi) is 4.98. The minimum absolute atomic E-state index is 0.0412. The van der Waals surface area contributed by atoms with Crippen LogP contribution in [-0.4, -0.2) is 24.5 Å². The van der Waals surface area contributed by atoms with E-state index in [2.05, 4.69) is 5.10 Å². The third-order valence-corrected chi connectivity index (χ3v) is 5.15. The van der Waals surface area contributed by atoms with E-state index >= 15 is 0 Å². The van der Waals surface area contributed by atoms with Gasteiger partial charge in [0, 0.05) is 11.8 Å². The van der Waals surface area contributed by atoms with Gasteiger partial charge in [-0.05, 0) is 42.5 Å². The Balaban J connectivity index is 2.13. The molecule has 1 aromatic heterocycles. The number of alkyl halides is 6. The zero-order chi connectivity index (χ0) is 21.6. The van der Waals surface area contributed by atoms with Crippen molar-refractivity contribution in [1.82, 2.24) is 9.78 Å². The van der Waals surface area contributed by atoms with Gasteiger partial charge in [-0.15, -0.1) is 0 Å². The lowest BCUT2D eigenvalue weighted by atomic mass is 10.1. The van der Waals surface area contributed by atoms with E-state index in [1.807, 2.05) is 0 Å². The predicted octanol–water partition coefficient (Wildman–Crippen LogP) is 4.98. The first kappa shape index (κ1) is 20.9. The second-order valence-electron chi connectivity index (χ2n) is 6.17. The van der Waals surface area contributed by atoms with Gasteiger partial charge in [-0.1, -0.05) is 12.1 Å². The molecule has 0 saturated carbocycles. The zero-order valence-corrected chi connectivity index (χ0v) is 15.4. The fraction of sp³-hybridized carbons (Fsp3) is 0.167. The Labute approximate surface area is 161 Å². The molecule has 0 radical (unpaired) electrons. The van der Waals surface area contributed by atoms with Gasteiger partial charge >= 0.3 is 12.4 Å². The molecule has 0 bridgehead atoms. The highest BCUT2D eigenvalue weighted by Gasteiger charge is 2.35. The lowest BCUT2D eigenvalue weighted by Crippen LogP contribution is -2.07. The number of hydrogen-bond donors (Lipinski definition) is 0. The summed E-state index contributed by atoms with van der Waals surface area (Å²) < 4.78 is 102. The molecule has 0 N–H and O–H groups in total. The second-order valence-corrected chi connectivity index (χ2v) is 8.18. The first-order valence-corrected chi connectivity index (χ1v) is 9.81. The van der Waals surface area contributed by atoms with Crippen molar-refractivity contribution in [2.45, 2.75) is 17.2 Å². The zero-order valence-electron chi connectivity index (χ0n) is 14.6. The number of rotatable bonds is 3. The smallest absolute Gasteiger partial charge is 0.233 e. The van der Waals surface area contributed by atoms with Crippen molar-refractivity contribution in [2.75, 3.05) is 6.26 Å². The first-order valence-electron chi connectivity index (χ1n) is 7.92. The largest absolute Gasteiger partial charge is 0.435 e. The Hall–Kier alpha value is -2.82. The number of nitrogens with zero attached hydrogens (tertiary/aromatic N) is 2. The number of sulfone groups is 1. The normalized spacial score (nSPS) is 12.9. The molecule has 2 aromatic carbocycles. The van der Waals surface area contributed by atoms with Gasteiger partial charge in [0.15, 0.2) is 15.5 Å². The highest BCUT2D eigenvalue weighted by atomic mass is 32.2. The Morgan fingerprint density at radius 2 is 1.38 bits per heavy atom. The summed E-state index contributed by atoms with van der Waals surface area (Å²) in [6, 6.07) is 9.25. The van der Waals surface area contributed by atoms with Crippen molar-refractivity contribution < 1.29 is 34.8 Å². The number of aromatic nitrogens is 2. The number of benzene rings is 2. The van der Waals surface area contributed by atoms with E-state index in [0.29, 0.717) is 6.07 Å². The lowest BCUT2D eigenvalue weighted by molar-refractivity contribution is -0.141. The van der Waals surface area contributed by atoms with Crippen LogP contribution in [0.5, 0.6) is 0 Å². The van der Waals surface area contributed by atoms with Crippen LogP contribution >= 0.6 is 0 Å². The Bertz CT molecular complexity index is 1130. The molecular formula is C18H12F6N2O2S. The summed E-state index contributed by atoms with van der Waals surface area (Å²) in [6.07, 6.45) is -8.39. The van der Waals surface area contributed by atoms with Gasteiger partial charge in [0.05, 0.1) is 21.8 Å². The average Bonchev–Trinajstić information content (AvgIpc) is 3.06. The molecule has 0 aliphatic heterocycles. The van der Waals surface area contributed by atoms with Gasteiger partial charge in [0.25, 0.3) is 0 Å². The molecular weight excluding hydrogens is 422 g/mol. The maximum absolute atomic E-state index is 13.1. The maximum atomic E-state index is 13.1. The van der Waals surface area contributed by atoms with Crippen molar-refractivity contribution in [3.8, 4) is 16.9 Å². The summed E-state index contributed by atoms with van der Waals surface area (Å²) in [5.74, 6) is 0. The van der Waals surface area contributed by atoms with E-state index in [4.69, 9.17) is 0 Å². The molecule has 1 heterocycles. The average molecular weight is 434 g/mol. The van der Waals surface area contributed by atoms with Gasteiger partial charge in [0.1, 0.15) is 0 Å². The minimum atomic E-state index is -4.78. The SMILES string of the molecule is CS(=O)(=O)c1ccc(-n2nc(C(F)(F)F)cc2-c2ccc(C(F)(F)F)cc2)cc1.